The number of benzene rings is 2. The van der Waals surface area contributed by atoms with E-state index in [-0.39, 0.29) is 29.6 Å². The molecule has 0 radical (unpaired) electrons. The maximum Gasteiger partial charge on any atom is 0.261 e. The molecule has 5 N–H and O–H groups in total. The maximum absolute atomic E-state index is 12.7. The first-order valence-corrected chi connectivity index (χ1v) is 10.3. The fourth-order valence-electron chi connectivity index (χ4n) is 2.98. The van der Waals surface area contributed by atoms with Crippen LogP contribution in [0.25, 0.3) is 10.9 Å². The number of primary amides is 1. The summed E-state index contributed by atoms with van der Waals surface area (Å²) in [7, 11) is -3.76. The van der Waals surface area contributed by atoms with Gasteiger partial charge in [0.2, 0.25) is 15.9 Å². The molecule has 0 bridgehead atoms. The standard InChI is InChI=1S/C19H21N5O4S/c1-12(13-6-8-14(9-7-13)29(21,27)28)22-10-18-23-16-5-3-2-4-15(16)19(26)24(18)11-17(20)25/h2-9,12,22H,10-11H2,1H3,(H2,20,25)(H2,21,27,28). The Labute approximate surface area is 167 Å². The van der Waals surface area contributed by atoms with E-state index < -0.39 is 15.9 Å². The van der Waals surface area contributed by atoms with Crippen molar-refractivity contribution in [3.63, 3.8) is 0 Å². The van der Waals surface area contributed by atoms with Crippen molar-refractivity contribution in [2.24, 2.45) is 10.9 Å². The Morgan fingerprint density at radius 1 is 1.17 bits per heavy atom. The molecule has 0 saturated heterocycles. The maximum atomic E-state index is 12.7. The molecular formula is C19H21N5O4S. The number of hydrogen-bond donors (Lipinski definition) is 3. The third kappa shape index (κ3) is 4.67. The second kappa shape index (κ2) is 8.11. The fourth-order valence-corrected chi connectivity index (χ4v) is 3.49. The Balaban J connectivity index is 1.87. The number of nitrogens with zero attached hydrogens (tertiary/aromatic N) is 2. The van der Waals surface area contributed by atoms with Gasteiger partial charge in [-0.15, -0.1) is 0 Å². The van der Waals surface area contributed by atoms with E-state index in [0.29, 0.717) is 16.7 Å². The second-order valence-electron chi connectivity index (χ2n) is 6.62. The number of primary sulfonamides is 1. The summed E-state index contributed by atoms with van der Waals surface area (Å²) in [6.07, 6.45) is 0. The molecule has 1 unspecified atom stereocenters. The SMILES string of the molecule is CC(NCc1nc2ccccc2c(=O)n1CC(N)=O)c1ccc(S(N)(=O)=O)cc1. The average molecular weight is 415 g/mol. The van der Waals surface area contributed by atoms with Crippen LogP contribution in [0.1, 0.15) is 24.4 Å². The van der Waals surface area contributed by atoms with Crippen molar-refractivity contribution in [3.8, 4) is 0 Å². The number of fused-ring (bicyclic) bond motifs is 1. The first-order chi connectivity index (χ1) is 13.7. The summed E-state index contributed by atoms with van der Waals surface area (Å²) in [5.74, 6) is -0.266. The monoisotopic (exact) mass is 415 g/mol. The van der Waals surface area contributed by atoms with Gasteiger partial charge in [0.15, 0.2) is 0 Å². The van der Waals surface area contributed by atoms with Crippen LogP contribution in [-0.2, 0) is 27.9 Å². The molecular weight excluding hydrogens is 394 g/mol. The molecule has 1 aromatic heterocycles. The number of para-hydroxylation sites is 1. The number of aromatic nitrogens is 2. The van der Waals surface area contributed by atoms with Gasteiger partial charge >= 0.3 is 0 Å². The van der Waals surface area contributed by atoms with Crippen molar-refractivity contribution in [3.05, 3.63) is 70.3 Å². The van der Waals surface area contributed by atoms with Crippen LogP contribution in [0.3, 0.4) is 0 Å². The van der Waals surface area contributed by atoms with Crippen molar-refractivity contribution < 1.29 is 13.2 Å². The molecule has 3 aromatic rings. The number of rotatable bonds is 7. The first-order valence-electron chi connectivity index (χ1n) is 8.79. The summed E-state index contributed by atoms with van der Waals surface area (Å²) in [6.45, 7) is 1.81. The summed E-state index contributed by atoms with van der Waals surface area (Å²) < 4.78 is 24.0. The van der Waals surface area contributed by atoms with E-state index in [9.17, 15) is 18.0 Å². The summed E-state index contributed by atoms with van der Waals surface area (Å²) in [5.41, 5.74) is 6.31. The lowest BCUT2D eigenvalue weighted by atomic mass is 10.1. The zero-order valence-electron chi connectivity index (χ0n) is 15.7. The minimum absolute atomic E-state index is 0.0277. The van der Waals surface area contributed by atoms with Crippen LogP contribution in [0, 0.1) is 0 Å². The molecule has 1 heterocycles. The van der Waals surface area contributed by atoms with Crippen molar-refractivity contribution in [1.82, 2.24) is 14.9 Å². The van der Waals surface area contributed by atoms with Gasteiger partial charge in [0, 0.05) is 6.04 Å². The van der Waals surface area contributed by atoms with Crippen molar-refractivity contribution in [1.29, 1.82) is 0 Å². The predicted octanol–water partition coefficient (Wildman–Crippen LogP) is 0.380. The number of carbonyl (C=O) groups excluding carboxylic acids is 1. The molecule has 152 valence electrons. The molecule has 29 heavy (non-hydrogen) atoms. The smallest absolute Gasteiger partial charge is 0.261 e. The van der Waals surface area contributed by atoms with E-state index in [4.69, 9.17) is 10.9 Å². The highest BCUT2D eigenvalue weighted by atomic mass is 32.2. The summed E-state index contributed by atoms with van der Waals surface area (Å²) in [6, 6.07) is 12.9. The van der Waals surface area contributed by atoms with Crippen LogP contribution in [0.4, 0.5) is 0 Å². The molecule has 1 amide bonds. The van der Waals surface area contributed by atoms with Gasteiger partial charge in [-0.2, -0.15) is 0 Å². The van der Waals surface area contributed by atoms with Gasteiger partial charge in [-0.25, -0.2) is 18.5 Å². The van der Waals surface area contributed by atoms with Gasteiger partial charge in [-0.05, 0) is 36.8 Å². The van der Waals surface area contributed by atoms with Crippen LogP contribution in [0.5, 0.6) is 0 Å². The first kappa shape index (κ1) is 20.6. The molecule has 0 aliphatic rings. The van der Waals surface area contributed by atoms with Gasteiger partial charge in [-0.1, -0.05) is 24.3 Å². The lowest BCUT2D eigenvalue weighted by Gasteiger charge is -2.17. The quantitative estimate of drug-likeness (QED) is 0.508. The van der Waals surface area contributed by atoms with Gasteiger partial charge in [0.25, 0.3) is 5.56 Å². The largest absolute Gasteiger partial charge is 0.368 e. The minimum atomic E-state index is -3.76. The summed E-state index contributed by atoms with van der Waals surface area (Å²) in [5, 5.41) is 8.74. The lowest BCUT2D eigenvalue weighted by molar-refractivity contribution is -0.118. The van der Waals surface area contributed by atoms with Gasteiger partial charge in [-0.3, -0.25) is 14.2 Å². The van der Waals surface area contributed by atoms with Crippen LogP contribution in [0.2, 0.25) is 0 Å². The normalized spacial score (nSPS) is 12.8. The number of nitrogens with two attached hydrogens (primary N) is 2. The van der Waals surface area contributed by atoms with E-state index in [1.165, 1.54) is 16.7 Å². The highest BCUT2D eigenvalue weighted by Gasteiger charge is 2.15. The van der Waals surface area contributed by atoms with Gasteiger partial charge in [0.1, 0.15) is 12.4 Å². The highest BCUT2D eigenvalue weighted by molar-refractivity contribution is 7.89. The number of hydrogen-bond acceptors (Lipinski definition) is 6. The number of nitrogens with one attached hydrogen (secondary N) is 1. The van der Waals surface area contributed by atoms with E-state index in [1.54, 1.807) is 36.4 Å². The number of sulfonamides is 1. The molecule has 3 rings (SSSR count). The zero-order valence-corrected chi connectivity index (χ0v) is 16.5. The third-order valence-corrected chi connectivity index (χ3v) is 5.46. The minimum Gasteiger partial charge on any atom is -0.368 e. The van der Waals surface area contributed by atoms with E-state index in [0.717, 1.165) is 5.56 Å². The molecule has 0 aliphatic carbocycles. The van der Waals surface area contributed by atoms with Gasteiger partial charge < -0.3 is 11.1 Å². The fraction of sp³-hybridized carbons (Fsp3) is 0.211. The number of amides is 1. The Morgan fingerprint density at radius 2 is 1.83 bits per heavy atom. The van der Waals surface area contributed by atoms with E-state index in [2.05, 4.69) is 10.3 Å². The average Bonchev–Trinajstić information content (AvgIpc) is 2.68. The van der Waals surface area contributed by atoms with E-state index in [1.807, 2.05) is 6.92 Å². The molecule has 10 heteroatoms. The molecule has 0 fully saturated rings. The molecule has 9 nitrogen and oxygen atoms in total. The molecule has 1 atom stereocenters. The molecule has 0 aliphatic heterocycles. The zero-order chi connectivity index (χ0) is 21.2. The Hall–Kier alpha value is -3.08. The van der Waals surface area contributed by atoms with E-state index >= 15 is 0 Å². The van der Waals surface area contributed by atoms with Crippen LogP contribution in [-0.4, -0.2) is 23.9 Å². The van der Waals surface area contributed by atoms with Crippen LogP contribution in [0.15, 0.2) is 58.2 Å². The lowest BCUT2D eigenvalue weighted by Crippen LogP contribution is -2.33. The topological polar surface area (TPSA) is 150 Å². The molecule has 0 spiro atoms. The Bertz CT molecular complexity index is 1220. The van der Waals surface area contributed by atoms with Crippen LogP contribution >= 0.6 is 0 Å². The van der Waals surface area contributed by atoms with Crippen molar-refractivity contribution >= 4 is 26.8 Å². The Morgan fingerprint density at radius 3 is 2.45 bits per heavy atom. The van der Waals surface area contributed by atoms with Crippen molar-refractivity contribution in [2.75, 3.05) is 0 Å². The summed E-state index contributed by atoms with van der Waals surface area (Å²) in [4.78, 5) is 28.7. The molecule has 2 aromatic carbocycles. The highest BCUT2D eigenvalue weighted by Crippen LogP contribution is 2.16. The summed E-state index contributed by atoms with van der Waals surface area (Å²) >= 11 is 0. The van der Waals surface area contributed by atoms with Crippen molar-refractivity contribution in [2.45, 2.75) is 31.0 Å². The van der Waals surface area contributed by atoms with Gasteiger partial charge in [0.05, 0.1) is 22.3 Å². The Kier molecular flexibility index (Phi) is 5.78. The second-order valence-corrected chi connectivity index (χ2v) is 8.18. The predicted molar refractivity (Wildman–Crippen MR) is 108 cm³/mol. The third-order valence-electron chi connectivity index (χ3n) is 4.53. The molecule has 0 saturated carbocycles. The number of carbonyl (C=O) groups is 1. The van der Waals surface area contributed by atoms with Crippen LogP contribution < -0.4 is 21.7 Å².